The molecule has 0 fully saturated rings. The van der Waals surface area contributed by atoms with E-state index in [0.29, 0.717) is 21.6 Å². The van der Waals surface area contributed by atoms with Gasteiger partial charge in [0.1, 0.15) is 0 Å². The molecule has 0 aliphatic rings. The predicted octanol–water partition coefficient (Wildman–Crippen LogP) is 3.50. The largest absolute Gasteiger partial charge is 0.360 e. The molecule has 4 heteroatoms. The van der Waals surface area contributed by atoms with Crippen molar-refractivity contribution in [1.82, 2.24) is 4.98 Å². The van der Waals surface area contributed by atoms with Crippen LogP contribution in [0.5, 0.6) is 0 Å². The molecule has 0 aliphatic heterocycles. The van der Waals surface area contributed by atoms with Crippen molar-refractivity contribution >= 4 is 22.0 Å². The fraction of sp³-hybridized carbons (Fsp3) is 0.400. The van der Waals surface area contributed by atoms with Gasteiger partial charge in [-0.1, -0.05) is 51.1 Å². The van der Waals surface area contributed by atoms with Crippen molar-refractivity contribution in [3.8, 4) is 0 Å². The molecule has 1 aromatic carbocycles. The Hall–Kier alpha value is -1.81. The number of aromatic amines is 1. The number of aromatic nitrogens is 1. The topological polar surface area (TPSA) is 49.9 Å². The molecule has 0 aliphatic carbocycles. The van der Waals surface area contributed by atoms with Crippen molar-refractivity contribution in [3.63, 3.8) is 0 Å². The van der Waals surface area contributed by atoms with Crippen molar-refractivity contribution in [3.05, 3.63) is 47.1 Å². The summed E-state index contributed by atoms with van der Waals surface area (Å²) < 4.78 is 25.7. The van der Waals surface area contributed by atoms with Crippen molar-refractivity contribution in [2.24, 2.45) is 11.8 Å². The summed E-state index contributed by atoms with van der Waals surface area (Å²) in [6.45, 7) is 8.56. The molecule has 0 amide bonds. The van der Waals surface area contributed by atoms with Gasteiger partial charge >= 0.3 is 0 Å². The van der Waals surface area contributed by atoms with E-state index in [9.17, 15) is 8.42 Å². The van der Waals surface area contributed by atoms with Crippen molar-refractivity contribution in [1.29, 1.82) is 0 Å². The fourth-order valence-corrected chi connectivity index (χ4v) is 4.57. The van der Waals surface area contributed by atoms with Crippen LogP contribution in [-0.4, -0.2) is 13.4 Å². The van der Waals surface area contributed by atoms with E-state index in [0.717, 1.165) is 23.4 Å². The lowest BCUT2D eigenvalue weighted by atomic mass is 9.96. The molecule has 1 N–H and O–H groups in total. The molecule has 130 valence electrons. The van der Waals surface area contributed by atoms with Crippen molar-refractivity contribution < 1.29 is 8.42 Å². The standard InChI is InChI=1S/C20H27NO2S/c1-5-18-19(12-11-16(4)13-15(2)3)21-14-20(18)24(22,23)17-9-7-6-8-10-17/h5-10,12,14-16,21H,11,13H2,1-4H3/b18-5+,19-12+. The van der Waals surface area contributed by atoms with Crippen LogP contribution in [0.15, 0.2) is 46.3 Å². The van der Waals surface area contributed by atoms with Gasteiger partial charge in [-0.3, -0.25) is 0 Å². The summed E-state index contributed by atoms with van der Waals surface area (Å²) in [7, 11) is -3.50. The van der Waals surface area contributed by atoms with Crippen LogP contribution in [0.25, 0.3) is 12.2 Å². The maximum Gasteiger partial charge on any atom is 0.208 e. The van der Waals surface area contributed by atoms with Gasteiger partial charge in [0.05, 0.1) is 9.79 Å². The minimum Gasteiger partial charge on any atom is -0.360 e. The summed E-state index contributed by atoms with van der Waals surface area (Å²) >= 11 is 0. The van der Waals surface area contributed by atoms with Crippen LogP contribution in [-0.2, 0) is 9.84 Å². The number of hydrogen-bond acceptors (Lipinski definition) is 2. The maximum absolute atomic E-state index is 12.9. The lowest BCUT2D eigenvalue weighted by Crippen LogP contribution is -2.26. The molecule has 0 radical (unpaired) electrons. The van der Waals surface area contributed by atoms with E-state index in [1.54, 1.807) is 30.5 Å². The van der Waals surface area contributed by atoms with Gasteiger partial charge in [-0.2, -0.15) is 0 Å². The second-order valence-corrected chi connectivity index (χ2v) is 8.68. The first-order valence-electron chi connectivity index (χ1n) is 8.50. The fourth-order valence-electron chi connectivity index (χ4n) is 3.07. The third-order valence-electron chi connectivity index (χ3n) is 4.14. The van der Waals surface area contributed by atoms with Gasteiger partial charge in [0.2, 0.25) is 9.84 Å². The smallest absolute Gasteiger partial charge is 0.208 e. The molecule has 0 spiro atoms. The number of H-pyrrole nitrogens is 1. The van der Waals surface area contributed by atoms with Crippen LogP contribution in [0.2, 0.25) is 0 Å². The lowest BCUT2D eigenvalue weighted by Gasteiger charge is -2.10. The minimum atomic E-state index is -3.50. The first-order valence-corrected chi connectivity index (χ1v) is 9.98. The summed E-state index contributed by atoms with van der Waals surface area (Å²) in [5.74, 6) is 1.25. The Morgan fingerprint density at radius 2 is 1.79 bits per heavy atom. The van der Waals surface area contributed by atoms with Gasteiger partial charge in [-0.05, 0) is 43.7 Å². The number of sulfone groups is 1. The van der Waals surface area contributed by atoms with E-state index < -0.39 is 9.84 Å². The monoisotopic (exact) mass is 345 g/mol. The number of rotatable bonds is 6. The van der Waals surface area contributed by atoms with Gasteiger partial charge in [-0.15, -0.1) is 0 Å². The first-order chi connectivity index (χ1) is 11.4. The second-order valence-electron chi connectivity index (χ2n) is 6.76. The maximum atomic E-state index is 12.9. The molecule has 1 heterocycles. The van der Waals surface area contributed by atoms with Crippen LogP contribution in [0, 0.1) is 11.8 Å². The summed E-state index contributed by atoms with van der Waals surface area (Å²) in [5.41, 5.74) is 0. The highest BCUT2D eigenvalue weighted by molar-refractivity contribution is 7.91. The Kier molecular flexibility index (Phi) is 6.05. The van der Waals surface area contributed by atoms with Gasteiger partial charge < -0.3 is 4.98 Å². The van der Waals surface area contributed by atoms with E-state index in [1.807, 2.05) is 19.1 Å². The van der Waals surface area contributed by atoms with Crippen molar-refractivity contribution in [2.45, 2.75) is 50.3 Å². The quantitative estimate of drug-likeness (QED) is 0.871. The number of nitrogens with one attached hydrogen (secondary N) is 1. The lowest BCUT2D eigenvalue weighted by molar-refractivity contribution is 0.449. The zero-order valence-electron chi connectivity index (χ0n) is 14.9. The summed E-state index contributed by atoms with van der Waals surface area (Å²) in [6.07, 6.45) is 7.69. The van der Waals surface area contributed by atoms with Crippen LogP contribution >= 0.6 is 0 Å². The number of hydrogen-bond donors (Lipinski definition) is 1. The molecular formula is C20H27NO2S. The zero-order chi connectivity index (χ0) is 17.7. The van der Waals surface area contributed by atoms with Crippen LogP contribution < -0.4 is 10.6 Å². The highest BCUT2D eigenvalue weighted by atomic mass is 32.2. The Morgan fingerprint density at radius 3 is 2.38 bits per heavy atom. The van der Waals surface area contributed by atoms with Crippen LogP contribution in [0.1, 0.15) is 40.5 Å². The van der Waals surface area contributed by atoms with Gasteiger partial charge in [0, 0.05) is 16.8 Å². The number of benzene rings is 1. The van der Waals surface area contributed by atoms with E-state index in [1.165, 1.54) is 0 Å². The first kappa shape index (κ1) is 18.5. The van der Waals surface area contributed by atoms with E-state index in [-0.39, 0.29) is 0 Å². The second kappa shape index (κ2) is 7.84. The highest BCUT2D eigenvalue weighted by Gasteiger charge is 2.19. The summed E-state index contributed by atoms with van der Waals surface area (Å²) in [5, 5.41) is 1.65. The Morgan fingerprint density at radius 1 is 1.12 bits per heavy atom. The molecular weight excluding hydrogens is 318 g/mol. The van der Waals surface area contributed by atoms with Gasteiger partial charge in [-0.25, -0.2) is 8.42 Å². The average Bonchev–Trinajstić information content (AvgIpc) is 2.96. The third-order valence-corrected chi connectivity index (χ3v) is 5.95. The van der Waals surface area contributed by atoms with Gasteiger partial charge in [0.25, 0.3) is 0 Å². The Bertz CT molecular complexity index is 877. The molecule has 1 atom stereocenters. The van der Waals surface area contributed by atoms with E-state index in [2.05, 4.69) is 31.8 Å². The zero-order valence-corrected chi connectivity index (χ0v) is 15.7. The molecule has 24 heavy (non-hydrogen) atoms. The molecule has 0 saturated heterocycles. The molecule has 1 unspecified atom stereocenters. The van der Waals surface area contributed by atoms with Crippen LogP contribution in [0.3, 0.4) is 0 Å². The van der Waals surface area contributed by atoms with Crippen LogP contribution in [0.4, 0.5) is 0 Å². The highest BCUT2D eigenvalue weighted by Crippen LogP contribution is 2.17. The Labute approximate surface area is 145 Å². The minimum absolute atomic E-state index is 0.326. The molecule has 3 nitrogen and oxygen atoms in total. The molecule has 2 rings (SSSR count). The van der Waals surface area contributed by atoms with Gasteiger partial charge in [0.15, 0.2) is 0 Å². The third kappa shape index (κ3) is 4.18. The molecule has 0 bridgehead atoms. The molecule has 2 aromatic rings. The molecule has 1 aromatic heterocycles. The summed E-state index contributed by atoms with van der Waals surface area (Å²) in [4.78, 5) is 3.82. The Balaban J connectivity index is 2.41. The molecule has 0 saturated carbocycles. The van der Waals surface area contributed by atoms with Crippen molar-refractivity contribution in [2.75, 3.05) is 0 Å². The van der Waals surface area contributed by atoms with E-state index in [4.69, 9.17) is 0 Å². The average molecular weight is 346 g/mol. The summed E-state index contributed by atoms with van der Waals surface area (Å²) in [6, 6.07) is 8.58. The normalized spacial score (nSPS) is 15.2. The predicted molar refractivity (Wildman–Crippen MR) is 99.8 cm³/mol. The SMILES string of the molecule is C/C=c1/c(S(=O)(=O)c2ccccc2)c[nH]/c1=C/CC(C)CC(C)C. The van der Waals surface area contributed by atoms with E-state index >= 15 is 0 Å².